The van der Waals surface area contributed by atoms with Gasteiger partial charge < -0.3 is 29.6 Å². The second-order valence-corrected chi connectivity index (χ2v) is 13.4. The molecular formula is C39H41ClN6O6. The molecule has 0 spiro atoms. The van der Waals surface area contributed by atoms with Crippen LogP contribution in [0.2, 0.25) is 5.02 Å². The predicted molar refractivity (Wildman–Crippen MR) is 198 cm³/mol. The first kappa shape index (κ1) is 35.2. The second-order valence-electron chi connectivity index (χ2n) is 13.0. The van der Waals surface area contributed by atoms with E-state index in [9.17, 15) is 9.59 Å². The fourth-order valence-electron chi connectivity index (χ4n) is 7.06. The number of pyridine rings is 1. The minimum absolute atomic E-state index is 0.0998. The second kappa shape index (κ2) is 15.2. The molecule has 12 nitrogen and oxygen atoms in total. The van der Waals surface area contributed by atoms with Gasteiger partial charge in [-0.05, 0) is 24.1 Å². The third kappa shape index (κ3) is 6.89. The molecule has 0 bridgehead atoms. The number of rotatable bonds is 13. The largest absolute Gasteiger partial charge is 0.496 e. The summed E-state index contributed by atoms with van der Waals surface area (Å²) >= 11 is 7.18. The topological polar surface area (TPSA) is 129 Å². The van der Waals surface area contributed by atoms with Crippen LogP contribution in [-0.4, -0.2) is 85.7 Å². The summed E-state index contributed by atoms with van der Waals surface area (Å²) in [6.45, 7) is 3.04. The van der Waals surface area contributed by atoms with Gasteiger partial charge in [-0.1, -0.05) is 48.0 Å². The molecule has 0 saturated carbocycles. The highest BCUT2D eigenvalue weighted by atomic mass is 35.5. The molecule has 2 saturated heterocycles. The van der Waals surface area contributed by atoms with Crippen molar-refractivity contribution in [1.82, 2.24) is 30.3 Å². The summed E-state index contributed by atoms with van der Waals surface area (Å²) in [5.74, 6) is 1.64. The molecule has 0 unspecified atom stereocenters. The van der Waals surface area contributed by atoms with E-state index in [1.807, 2.05) is 71.5 Å². The number of methoxy groups -OCH3 is 4. The first-order valence-electron chi connectivity index (χ1n) is 17.2. The van der Waals surface area contributed by atoms with Crippen LogP contribution in [0.4, 0.5) is 0 Å². The van der Waals surface area contributed by atoms with Crippen LogP contribution in [0, 0.1) is 5.92 Å². The zero-order valence-corrected chi connectivity index (χ0v) is 30.3. The third-order valence-electron chi connectivity index (χ3n) is 9.81. The van der Waals surface area contributed by atoms with Gasteiger partial charge in [-0.3, -0.25) is 14.5 Å². The van der Waals surface area contributed by atoms with Crippen LogP contribution in [0.1, 0.15) is 24.0 Å². The molecule has 2 fully saturated rings. The highest BCUT2D eigenvalue weighted by Crippen LogP contribution is 2.41. The molecule has 270 valence electrons. The van der Waals surface area contributed by atoms with Crippen molar-refractivity contribution < 1.29 is 28.5 Å². The van der Waals surface area contributed by atoms with Crippen molar-refractivity contribution in [3.8, 4) is 45.5 Å². The number of fused-ring (bicyclic) bond motifs is 1. The van der Waals surface area contributed by atoms with Crippen molar-refractivity contribution in [2.45, 2.75) is 32.0 Å². The van der Waals surface area contributed by atoms with Crippen molar-refractivity contribution in [2.24, 2.45) is 5.92 Å². The van der Waals surface area contributed by atoms with Gasteiger partial charge in [0.2, 0.25) is 11.8 Å². The van der Waals surface area contributed by atoms with Crippen molar-refractivity contribution in [1.29, 1.82) is 0 Å². The Kier molecular flexibility index (Phi) is 10.3. The molecular weight excluding hydrogens is 684 g/mol. The van der Waals surface area contributed by atoms with Crippen LogP contribution < -0.4 is 24.8 Å². The maximum Gasteiger partial charge on any atom is 0.311 e. The lowest BCUT2D eigenvalue weighted by Crippen LogP contribution is -2.50. The Morgan fingerprint density at radius 3 is 2.38 bits per heavy atom. The highest BCUT2D eigenvalue weighted by molar-refractivity contribution is 6.36. The third-order valence-corrected chi connectivity index (χ3v) is 10.2. The van der Waals surface area contributed by atoms with E-state index in [2.05, 4.69) is 15.5 Å². The lowest BCUT2D eigenvalue weighted by atomic mass is 9.98. The van der Waals surface area contributed by atoms with E-state index in [1.54, 1.807) is 21.3 Å². The highest BCUT2D eigenvalue weighted by Gasteiger charge is 2.34. The summed E-state index contributed by atoms with van der Waals surface area (Å²) in [6, 6.07) is 19.9. The smallest absolute Gasteiger partial charge is 0.311 e. The summed E-state index contributed by atoms with van der Waals surface area (Å²) in [5, 5.41) is 12.7. The summed E-state index contributed by atoms with van der Waals surface area (Å²) in [4.78, 5) is 30.4. The number of nitrogens with zero attached hydrogens (tertiary/aromatic N) is 4. The Labute approximate surface area is 307 Å². The standard InChI is InChI=1S/C39H41ClN6O6/c1-49-34-15-26(16-35(50-2)31(34)22-45-20-24(21-45)39(48)52-4)46-33-10-6-7-27(30(33)19-42-46)28-8-5-9-29(37(28)40)32-13-11-23(38(44-32)51-3)17-41-18-25-12-14-36(47)43-25/h5-11,13,15-16,19,24-25,41H,12,14,17-18,20-22H2,1-4H3,(H,43,47)/t25-/m0/s1. The maximum absolute atomic E-state index is 11.9. The molecule has 1 atom stereocenters. The summed E-state index contributed by atoms with van der Waals surface area (Å²) in [7, 11) is 6.30. The molecule has 3 aromatic carbocycles. The molecule has 7 rings (SSSR count). The molecule has 2 aliphatic rings. The van der Waals surface area contributed by atoms with Crippen LogP contribution >= 0.6 is 11.6 Å². The molecule has 0 aliphatic carbocycles. The summed E-state index contributed by atoms with van der Waals surface area (Å²) in [6.07, 6.45) is 3.25. The van der Waals surface area contributed by atoms with Gasteiger partial charge in [0.25, 0.3) is 0 Å². The Morgan fingerprint density at radius 1 is 0.962 bits per heavy atom. The van der Waals surface area contributed by atoms with E-state index in [1.165, 1.54) is 7.11 Å². The number of carbonyl (C=O) groups is 2. The van der Waals surface area contributed by atoms with Crippen LogP contribution in [0.3, 0.4) is 0 Å². The number of hydrogen-bond acceptors (Lipinski definition) is 10. The Bertz CT molecular complexity index is 2110. The molecule has 1 amide bonds. The van der Waals surface area contributed by atoms with Gasteiger partial charge in [0.1, 0.15) is 11.5 Å². The van der Waals surface area contributed by atoms with Crippen molar-refractivity contribution in [3.63, 3.8) is 0 Å². The van der Waals surface area contributed by atoms with Gasteiger partial charge in [0, 0.05) is 79.4 Å². The first-order valence-corrected chi connectivity index (χ1v) is 17.5. The Hall–Kier alpha value is -5.17. The number of halogens is 1. The van der Waals surface area contributed by atoms with E-state index >= 15 is 0 Å². The van der Waals surface area contributed by atoms with E-state index in [0.717, 1.165) is 50.8 Å². The minimum Gasteiger partial charge on any atom is -0.496 e. The average Bonchev–Trinajstić information content (AvgIpc) is 3.78. The zero-order chi connectivity index (χ0) is 36.4. The SMILES string of the molecule is COC(=O)C1CN(Cc2c(OC)cc(-n3ncc4c(-c5cccc(-c6ccc(CNC[C@@H]7CCC(=O)N7)c(OC)n6)c5Cl)cccc43)cc2OC)C1. The number of carbonyl (C=O) groups excluding carboxylic acids is 2. The number of aromatic nitrogens is 3. The van der Waals surface area contributed by atoms with Gasteiger partial charge in [0.05, 0.1) is 68.0 Å². The minimum atomic E-state index is -0.188. The van der Waals surface area contributed by atoms with E-state index in [4.69, 9.17) is 40.6 Å². The number of amides is 1. The van der Waals surface area contributed by atoms with Crippen LogP contribution in [-0.2, 0) is 27.4 Å². The molecule has 2 aliphatic heterocycles. The average molecular weight is 725 g/mol. The Morgan fingerprint density at radius 2 is 1.69 bits per heavy atom. The van der Waals surface area contributed by atoms with Crippen LogP contribution in [0.5, 0.6) is 17.4 Å². The van der Waals surface area contributed by atoms with Crippen molar-refractivity contribution >= 4 is 34.4 Å². The monoisotopic (exact) mass is 724 g/mol. The molecule has 2 N–H and O–H groups in total. The van der Waals surface area contributed by atoms with Gasteiger partial charge in [-0.25, -0.2) is 9.67 Å². The van der Waals surface area contributed by atoms with E-state index in [0.29, 0.717) is 67.2 Å². The maximum atomic E-state index is 11.9. The normalized spacial score (nSPS) is 16.1. The summed E-state index contributed by atoms with van der Waals surface area (Å²) in [5.41, 5.74) is 6.71. The lowest BCUT2D eigenvalue weighted by Gasteiger charge is -2.37. The van der Waals surface area contributed by atoms with Gasteiger partial charge in [-0.2, -0.15) is 5.10 Å². The Balaban J connectivity index is 1.15. The number of ether oxygens (including phenoxy) is 4. The number of benzene rings is 3. The van der Waals surface area contributed by atoms with Gasteiger partial charge in [-0.15, -0.1) is 0 Å². The number of esters is 1. The molecule has 4 heterocycles. The van der Waals surface area contributed by atoms with Crippen molar-refractivity contribution in [2.75, 3.05) is 48.1 Å². The quantitative estimate of drug-likeness (QED) is 0.152. The van der Waals surface area contributed by atoms with E-state index in [-0.39, 0.29) is 23.8 Å². The molecule has 52 heavy (non-hydrogen) atoms. The van der Waals surface area contributed by atoms with Crippen molar-refractivity contribution in [3.05, 3.63) is 83.0 Å². The number of nitrogens with one attached hydrogen (secondary N) is 2. The molecule has 13 heteroatoms. The van der Waals surface area contributed by atoms with Crippen LogP contribution in [0.15, 0.2) is 66.9 Å². The van der Waals surface area contributed by atoms with Gasteiger partial charge in [0.15, 0.2) is 0 Å². The lowest BCUT2D eigenvalue weighted by molar-refractivity contribution is -0.151. The molecule has 5 aromatic rings. The van der Waals surface area contributed by atoms with Gasteiger partial charge >= 0.3 is 5.97 Å². The number of likely N-dealkylation sites (tertiary alicyclic amines) is 1. The zero-order valence-electron chi connectivity index (χ0n) is 29.6. The van der Waals surface area contributed by atoms with E-state index < -0.39 is 0 Å². The predicted octanol–water partition coefficient (Wildman–Crippen LogP) is 5.41. The first-order chi connectivity index (χ1) is 25.3. The fraction of sp³-hybridized carbons (Fsp3) is 0.333. The number of hydrogen-bond donors (Lipinski definition) is 2. The molecule has 2 aromatic heterocycles. The molecule has 0 radical (unpaired) electrons. The fourth-order valence-corrected chi connectivity index (χ4v) is 7.38. The van der Waals surface area contributed by atoms with Crippen LogP contribution in [0.25, 0.3) is 39.0 Å². The summed E-state index contributed by atoms with van der Waals surface area (Å²) < 4.78 is 24.1.